The largest absolute Gasteiger partial charge is 0.356 e. The topological polar surface area (TPSA) is 85.3 Å². The molecule has 1 aromatic rings. The molecular weight excluding hydrogens is 244 g/mol. The second-order valence-corrected chi connectivity index (χ2v) is 5.84. The number of nitrogens with zero attached hydrogens (tertiary/aromatic N) is 3. The molecule has 19 heavy (non-hydrogen) atoms. The molecule has 1 atom stereocenters. The van der Waals surface area contributed by atoms with Gasteiger partial charge in [0, 0.05) is 25.2 Å². The van der Waals surface area contributed by atoms with Crippen molar-refractivity contribution in [1.82, 2.24) is 4.98 Å². The quantitative estimate of drug-likeness (QED) is 0.651. The Kier molecular flexibility index (Phi) is 3.45. The molecule has 1 aliphatic rings. The van der Waals surface area contributed by atoms with E-state index in [9.17, 15) is 10.1 Å². The van der Waals surface area contributed by atoms with Crippen molar-refractivity contribution >= 4 is 11.5 Å². The van der Waals surface area contributed by atoms with Crippen LogP contribution in [-0.2, 0) is 0 Å². The number of hydrogen-bond acceptors (Lipinski definition) is 5. The van der Waals surface area contributed by atoms with Gasteiger partial charge >= 0.3 is 0 Å². The molecule has 1 fully saturated rings. The van der Waals surface area contributed by atoms with Crippen LogP contribution in [0.1, 0.15) is 26.0 Å². The lowest BCUT2D eigenvalue weighted by molar-refractivity contribution is -0.385. The molecule has 0 aromatic carbocycles. The molecule has 104 valence electrons. The summed E-state index contributed by atoms with van der Waals surface area (Å²) in [7, 11) is 0. The van der Waals surface area contributed by atoms with Crippen molar-refractivity contribution in [2.45, 2.75) is 33.2 Å². The van der Waals surface area contributed by atoms with E-state index in [-0.39, 0.29) is 17.1 Å². The summed E-state index contributed by atoms with van der Waals surface area (Å²) in [5, 5.41) is 10.8. The zero-order chi connectivity index (χ0) is 14.2. The van der Waals surface area contributed by atoms with E-state index in [0.717, 1.165) is 25.3 Å². The zero-order valence-electron chi connectivity index (χ0n) is 11.6. The number of aromatic nitrogens is 1. The molecule has 6 nitrogen and oxygen atoms in total. The van der Waals surface area contributed by atoms with Gasteiger partial charge in [-0.25, -0.2) is 4.98 Å². The van der Waals surface area contributed by atoms with E-state index in [2.05, 4.69) is 23.7 Å². The van der Waals surface area contributed by atoms with E-state index in [4.69, 9.17) is 5.73 Å². The third kappa shape index (κ3) is 2.68. The summed E-state index contributed by atoms with van der Waals surface area (Å²) in [5.41, 5.74) is 6.65. The highest BCUT2D eigenvalue weighted by molar-refractivity contribution is 5.47. The molecule has 2 heterocycles. The van der Waals surface area contributed by atoms with Gasteiger partial charge in [0.25, 0.3) is 5.69 Å². The molecule has 1 saturated heterocycles. The van der Waals surface area contributed by atoms with Crippen molar-refractivity contribution in [3.05, 3.63) is 27.9 Å². The highest BCUT2D eigenvalue weighted by Gasteiger charge is 2.34. The number of nitrogens with two attached hydrogens (primary N) is 1. The fourth-order valence-electron chi connectivity index (χ4n) is 2.48. The van der Waals surface area contributed by atoms with E-state index in [1.54, 1.807) is 13.0 Å². The molecule has 0 radical (unpaired) electrons. The van der Waals surface area contributed by atoms with Gasteiger partial charge < -0.3 is 10.6 Å². The molecule has 1 unspecified atom stereocenters. The van der Waals surface area contributed by atoms with Gasteiger partial charge in [-0.2, -0.15) is 0 Å². The predicted molar refractivity (Wildman–Crippen MR) is 74.2 cm³/mol. The number of aryl methyl sites for hydroxylation is 1. The van der Waals surface area contributed by atoms with Crippen LogP contribution in [0.15, 0.2) is 12.1 Å². The lowest BCUT2D eigenvalue weighted by Crippen LogP contribution is -2.52. The number of hydrogen-bond donors (Lipinski definition) is 1. The molecule has 0 amide bonds. The summed E-state index contributed by atoms with van der Waals surface area (Å²) in [6, 6.07) is 3.43. The Hall–Kier alpha value is -1.69. The SMILES string of the molecule is Cc1nc(N2CCC(N)C(C)(C)C2)ccc1[N+](=O)[O-]. The summed E-state index contributed by atoms with van der Waals surface area (Å²) in [5.74, 6) is 0.795. The zero-order valence-corrected chi connectivity index (χ0v) is 11.6. The smallest absolute Gasteiger partial charge is 0.290 e. The van der Waals surface area contributed by atoms with Crippen LogP contribution < -0.4 is 10.6 Å². The number of rotatable bonds is 2. The van der Waals surface area contributed by atoms with Gasteiger partial charge in [0.2, 0.25) is 0 Å². The summed E-state index contributed by atoms with van der Waals surface area (Å²) in [6.07, 6.45) is 0.907. The van der Waals surface area contributed by atoms with Gasteiger partial charge in [-0.15, -0.1) is 0 Å². The molecule has 0 bridgehead atoms. The number of nitro groups is 1. The van der Waals surface area contributed by atoms with Crippen molar-refractivity contribution in [2.24, 2.45) is 11.1 Å². The lowest BCUT2D eigenvalue weighted by Gasteiger charge is -2.43. The summed E-state index contributed by atoms with van der Waals surface area (Å²) >= 11 is 0. The van der Waals surface area contributed by atoms with Gasteiger partial charge in [0.05, 0.1) is 4.92 Å². The maximum atomic E-state index is 10.8. The van der Waals surface area contributed by atoms with Crippen molar-refractivity contribution in [3.8, 4) is 0 Å². The Balaban J connectivity index is 2.24. The molecule has 1 aromatic heterocycles. The van der Waals surface area contributed by atoms with Gasteiger partial charge in [0.1, 0.15) is 11.5 Å². The van der Waals surface area contributed by atoms with E-state index < -0.39 is 4.92 Å². The average Bonchev–Trinajstić information content (AvgIpc) is 2.32. The standard InChI is InChI=1S/C13H20N4O2/c1-9-10(17(18)19)4-5-12(15-9)16-7-6-11(14)13(2,3)8-16/h4-5,11H,6-8,14H2,1-3H3. The van der Waals surface area contributed by atoms with Crippen molar-refractivity contribution < 1.29 is 4.92 Å². The maximum absolute atomic E-state index is 10.8. The van der Waals surface area contributed by atoms with Crippen molar-refractivity contribution in [1.29, 1.82) is 0 Å². The number of anilines is 1. The normalized spacial score (nSPS) is 22.3. The molecule has 6 heteroatoms. The molecule has 0 saturated carbocycles. The summed E-state index contributed by atoms with van der Waals surface area (Å²) in [4.78, 5) is 16.9. The molecule has 0 spiro atoms. The molecule has 1 aliphatic heterocycles. The van der Waals surface area contributed by atoms with Crippen molar-refractivity contribution in [2.75, 3.05) is 18.0 Å². The van der Waals surface area contributed by atoms with Crippen LogP contribution in [0.5, 0.6) is 0 Å². The fourth-order valence-corrected chi connectivity index (χ4v) is 2.48. The predicted octanol–water partition coefficient (Wildman–Crippen LogP) is 1.86. The first-order valence-corrected chi connectivity index (χ1v) is 6.44. The highest BCUT2D eigenvalue weighted by atomic mass is 16.6. The Morgan fingerprint density at radius 3 is 2.74 bits per heavy atom. The van der Waals surface area contributed by atoms with E-state index in [1.165, 1.54) is 6.07 Å². The maximum Gasteiger partial charge on any atom is 0.290 e. The Bertz CT molecular complexity index is 501. The summed E-state index contributed by atoms with van der Waals surface area (Å²) < 4.78 is 0. The van der Waals surface area contributed by atoms with Crippen LogP contribution in [0.2, 0.25) is 0 Å². The van der Waals surface area contributed by atoms with E-state index in [0.29, 0.717) is 5.69 Å². The first-order valence-electron chi connectivity index (χ1n) is 6.44. The fraction of sp³-hybridized carbons (Fsp3) is 0.615. The van der Waals surface area contributed by atoms with Crippen LogP contribution in [0.4, 0.5) is 11.5 Å². The molecule has 0 aliphatic carbocycles. The highest BCUT2D eigenvalue weighted by Crippen LogP contribution is 2.31. The minimum Gasteiger partial charge on any atom is -0.356 e. The first-order chi connectivity index (χ1) is 8.81. The monoisotopic (exact) mass is 264 g/mol. The van der Waals surface area contributed by atoms with E-state index in [1.807, 2.05) is 0 Å². The second kappa shape index (κ2) is 4.77. The third-order valence-electron chi connectivity index (χ3n) is 3.88. The van der Waals surface area contributed by atoms with Crippen LogP contribution in [0.3, 0.4) is 0 Å². The molecule has 2 rings (SSSR count). The van der Waals surface area contributed by atoms with Gasteiger partial charge in [-0.05, 0) is 24.8 Å². The van der Waals surface area contributed by atoms with Crippen LogP contribution in [0, 0.1) is 22.5 Å². The summed E-state index contributed by atoms with van der Waals surface area (Å²) in [6.45, 7) is 7.61. The first kappa shape index (κ1) is 13.7. The third-order valence-corrected chi connectivity index (χ3v) is 3.88. The Morgan fingerprint density at radius 1 is 1.53 bits per heavy atom. The van der Waals surface area contributed by atoms with Crippen molar-refractivity contribution in [3.63, 3.8) is 0 Å². The second-order valence-electron chi connectivity index (χ2n) is 5.84. The van der Waals surface area contributed by atoms with Gasteiger partial charge in [-0.1, -0.05) is 13.8 Å². The minimum absolute atomic E-state index is 0.0234. The van der Waals surface area contributed by atoms with Gasteiger partial charge in [0.15, 0.2) is 0 Å². The number of pyridine rings is 1. The van der Waals surface area contributed by atoms with Crippen LogP contribution in [0.25, 0.3) is 0 Å². The average molecular weight is 264 g/mol. The van der Waals surface area contributed by atoms with Crippen LogP contribution >= 0.6 is 0 Å². The molecule has 2 N–H and O–H groups in total. The Morgan fingerprint density at radius 2 is 2.21 bits per heavy atom. The van der Waals surface area contributed by atoms with Crippen LogP contribution in [-0.4, -0.2) is 29.0 Å². The Labute approximate surface area is 112 Å². The lowest BCUT2D eigenvalue weighted by atomic mass is 9.80. The number of piperidine rings is 1. The molecular formula is C13H20N4O2. The van der Waals surface area contributed by atoms with Gasteiger partial charge in [-0.3, -0.25) is 10.1 Å². The minimum atomic E-state index is -0.401. The van der Waals surface area contributed by atoms with E-state index >= 15 is 0 Å².